The lowest BCUT2D eigenvalue weighted by molar-refractivity contribution is 0.249. The molecule has 3 aromatic heterocycles. The molecule has 0 fully saturated rings. The van der Waals surface area contributed by atoms with E-state index in [-0.39, 0.29) is 0 Å². The molecule has 0 spiro atoms. The second-order valence-electron chi connectivity index (χ2n) is 6.32. The third kappa shape index (κ3) is 3.84. The van der Waals surface area contributed by atoms with Crippen LogP contribution in [-0.4, -0.2) is 9.88 Å². The molecular formula is C21H19ClN2S2. The molecule has 0 saturated heterocycles. The molecule has 0 radical (unpaired) electrons. The number of benzene rings is 1. The van der Waals surface area contributed by atoms with E-state index in [9.17, 15) is 0 Å². The summed E-state index contributed by atoms with van der Waals surface area (Å²) >= 11 is 10.3. The Morgan fingerprint density at radius 2 is 1.54 bits per heavy atom. The number of hydrogen-bond acceptors (Lipinski definition) is 4. The van der Waals surface area contributed by atoms with Gasteiger partial charge in [-0.2, -0.15) is 0 Å². The number of aryl methyl sites for hydroxylation is 1. The van der Waals surface area contributed by atoms with Gasteiger partial charge in [-0.25, -0.2) is 4.98 Å². The van der Waals surface area contributed by atoms with Crippen LogP contribution in [0.1, 0.15) is 21.0 Å². The molecule has 26 heavy (non-hydrogen) atoms. The summed E-state index contributed by atoms with van der Waals surface area (Å²) in [5.74, 6) is 0. The van der Waals surface area contributed by atoms with Gasteiger partial charge in [-0.3, -0.25) is 4.90 Å². The lowest BCUT2D eigenvalue weighted by atomic mass is 10.1. The van der Waals surface area contributed by atoms with Crippen LogP contribution in [0.25, 0.3) is 10.9 Å². The Morgan fingerprint density at radius 1 is 0.885 bits per heavy atom. The molecule has 3 heterocycles. The lowest BCUT2D eigenvalue weighted by Crippen LogP contribution is -2.22. The van der Waals surface area contributed by atoms with Gasteiger partial charge < -0.3 is 0 Å². The Morgan fingerprint density at radius 3 is 2.15 bits per heavy atom. The number of halogens is 1. The number of nitrogens with zero attached hydrogens (tertiary/aromatic N) is 2. The maximum Gasteiger partial charge on any atom is 0.0740 e. The van der Waals surface area contributed by atoms with Gasteiger partial charge in [0.1, 0.15) is 0 Å². The van der Waals surface area contributed by atoms with Crippen LogP contribution < -0.4 is 0 Å². The zero-order chi connectivity index (χ0) is 17.9. The molecular weight excluding hydrogens is 380 g/mol. The van der Waals surface area contributed by atoms with Gasteiger partial charge in [0.05, 0.1) is 16.2 Å². The van der Waals surface area contributed by atoms with E-state index in [1.807, 2.05) is 12.1 Å². The van der Waals surface area contributed by atoms with Crippen LogP contribution in [0.15, 0.2) is 59.3 Å². The molecule has 2 nitrogen and oxygen atoms in total. The summed E-state index contributed by atoms with van der Waals surface area (Å²) in [5.41, 5.74) is 3.08. The lowest BCUT2D eigenvalue weighted by Gasteiger charge is -2.22. The van der Waals surface area contributed by atoms with Crippen molar-refractivity contribution in [1.29, 1.82) is 0 Å². The summed E-state index contributed by atoms with van der Waals surface area (Å²) in [6.45, 7) is 4.62. The van der Waals surface area contributed by atoms with E-state index in [4.69, 9.17) is 16.6 Å². The number of fused-ring (bicyclic) bond motifs is 1. The van der Waals surface area contributed by atoms with Gasteiger partial charge in [0, 0.05) is 34.8 Å². The van der Waals surface area contributed by atoms with E-state index >= 15 is 0 Å². The molecule has 0 N–H and O–H groups in total. The first-order valence-electron chi connectivity index (χ1n) is 8.51. The number of para-hydroxylation sites is 1. The summed E-state index contributed by atoms with van der Waals surface area (Å²) < 4.78 is 0. The normalized spacial score (nSPS) is 11.5. The first-order valence-corrected chi connectivity index (χ1v) is 10.7. The average Bonchev–Trinajstić information content (AvgIpc) is 3.33. The van der Waals surface area contributed by atoms with Crippen molar-refractivity contribution in [3.63, 3.8) is 0 Å². The minimum atomic E-state index is 0.736. The molecule has 4 aromatic rings. The van der Waals surface area contributed by atoms with Gasteiger partial charge in [-0.15, -0.1) is 22.7 Å². The highest BCUT2D eigenvalue weighted by Crippen LogP contribution is 2.29. The second kappa shape index (κ2) is 7.89. The van der Waals surface area contributed by atoms with Crippen LogP contribution in [0.4, 0.5) is 0 Å². The van der Waals surface area contributed by atoms with E-state index in [1.54, 1.807) is 22.7 Å². The Kier molecular flexibility index (Phi) is 5.36. The van der Waals surface area contributed by atoms with Crippen molar-refractivity contribution in [3.8, 4) is 0 Å². The molecule has 0 atom stereocenters. The van der Waals surface area contributed by atoms with E-state index < -0.39 is 0 Å². The molecule has 0 unspecified atom stereocenters. The van der Waals surface area contributed by atoms with Crippen molar-refractivity contribution in [2.45, 2.75) is 26.6 Å². The van der Waals surface area contributed by atoms with Crippen LogP contribution in [0.5, 0.6) is 0 Å². The summed E-state index contributed by atoms with van der Waals surface area (Å²) in [7, 11) is 0. The SMILES string of the molecule is Cc1c(Cl)c(CN(Cc2cccs2)Cc2cccs2)nc2ccccc12. The number of aromatic nitrogens is 1. The Bertz CT molecular complexity index is 958. The fraction of sp³-hybridized carbons (Fsp3) is 0.190. The number of hydrogen-bond donors (Lipinski definition) is 0. The highest BCUT2D eigenvalue weighted by molar-refractivity contribution is 7.10. The fourth-order valence-electron chi connectivity index (χ4n) is 3.15. The molecule has 0 aliphatic rings. The maximum absolute atomic E-state index is 6.70. The number of thiophene rings is 2. The number of rotatable bonds is 6. The van der Waals surface area contributed by atoms with E-state index in [0.717, 1.165) is 46.8 Å². The smallest absolute Gasteiger partial charge is 0.0740 e. The van der Waals surface area contributed by atoms with Crippen LogP contribution in [0.3, 0.4) is 0 Å². The minimum Gasteiger partial charge on any atom is -0.287 e. The standard InChI is InChI=1S/C21H19ClN2S2/c1-15-18-8-2-3-9-19(18)23-20(21(15)22)14-24(12-16-6-4-10-25-16)13-17-7-5-11-26-17/h2-11H,12-14H2,1H3. The van der Waals surface area contributed by atoms with Crippen molar-refractivity contribution < 1.29 is 0 Å². The van der Waals surface area contributed by atoms with Gasteiger partial charge in [0.25, 0.3) is 0 Å². The fourth-order valence-corrected chi connectivity index (χ4v) is 4.84. The number of pyridine rings is 1. The van der Waals surface area contributed by atoms with Gasteiger partial charge in [0.2, 0.25) is 0 Å². The molecule has 0 bridgehead atoms. The second-order valence-corrected chi connectivity index (χ2v) is 8.76. The Labute approximate surface area is 166 Å². The van der Waals surface area contributed by atoms with Crippen molar-refractivity contribution in [2.75, 3.05) is 0 Å². The van der Waals surface area contributed by atoms with Crippen molar-refractivity contribution >= 4 is 45.2 Å². The van der Waals surface area contributed by atoms with Gasteiger partial charge in [-0.1, -0.05) is 41.9 Å². The summed E-state index contributed by atoms with van der Waals surface area (Å²) in [5, 5.41) is 6.17. The molecule has 0 aliphatic heterocycles. The first kappa shape index (κ1) is 17.7. The summed E-state index contributed by atoms with van der Waals surface area (Å²) in [6.07, 6.45) is 0. The van der Waals surface area contributed by atoms with E-state index in [2.05, 4.69) is 59.0 Å². The molecule has 0 amide bonds. The van der Waals surface area contributed by atoms with Gasteiger partial charge >= 0.3 is 0 Å². The van der Waals surface area contributed by atoms with Crippen molar-refractivity contribution in [3.05, 3.63) is 85.3 Å². The highest BCUT2D eigenvalue weighted by atomic mass is 35.5. The first-order chi connectivity index (χ1) is 12.7. The average molecular weight is 399 g/mol. The Balaban J connectivity index is 1.66. The minimum absolute atomic E-state index is 0.736. The zero-order valence-electron chi connectivity index (χ0n) is 14.5. The maximum atomic E-state index is 6.70. The zero-order valence-corrected chi connectivity index (χ0v) is 16.9. The van der Waals surface area contributed by atoms with Gasteiger partial charge in [0.15, 0.2) is 0 Å². The summed E-state index contributed by atoms with van der Waals surface area (Å²) in [4.78, 5) is 10.00. The third-order valence-electron chi connectivity index (χ3n) is 4.44. The molecule has 0 aliphatic carbocycles. The Hall–Kier alpha value is -1.72. The molecule has 4 rings (SSSR count). The topological polar surface area (TPSA) is 16.1 Å². The quantitative estimate of drug-likeness (QED) is 0.367. The molecule has 0 saturated carbocycles. The van der Waals surface area contributed by atoms with Crippen LogP contribution in [0, 0.1) is 6.92 Å². The predicted octanol–water partition coefficient (Wildman–Crippen LogP) is 6.52. The molecule has 5 heteroatoms. The third-order valence-corrected chi connectivity index (χ3v) is 6.66. The van der Waals surface area contributed by atoms with Crippen LogP contribution in [0.2, 0.25) is 5.02 Å². The highest BCUT2D eigenvalue weighted by Gasteiger charge is 2.15. The van der Waals surface area contributed by atoms with Crippen molar-refractivity contribution in [2.24, 2.45) is 0 Å². The van der Waals surface area contributed by atoms with Crippen LogP contribution >= 0.6 is 34.3 Å². The van der Waals surface area contributed by atoms with Crippen molar-refractivity contribution in [1.82, 2.24) is 9.88 Å². The predicted molar refractivity (Wildman–Crippen MR) is 113 cm³/mol. The van der Waals surface area contributed by atoms with Crippen LogP contribution in [-0.2, 0) is 19.6 Å². The molecule has 1 aromatic carbocycles. The van der Waals surface area contributed by atoms with E-state index in [0.29, 0.717) is 0 Å². The molecule has 132 valence electrons. The largest absolute Gasteiger partial charge is 0.287 e. The monoisotopic (exact) mass is 398 g/mol. The summed E-state index contributed by atoms with van der Waals surface area (Å²) in [6, 6.07) is 16.8. The van der Waals surface area contributed by atoms with Gasteiger partial charge in [-0.05, 0) is 41.4 Å². The van der Waals surface area contributed by atoms with E-state index in [1.165, 1.54) is 9.75 Å².